The molecule has 26 heavy (non-hydrogen) atoms. The van der Waals surface area contributed by atoms with Crippen LogP contribution in [0.15, 0.2) is 0 Å². The molecule has 158 valence electrons. The molecule has 0 saturated heterocycles. The summed E-state index contributed by atoms with van der Waals surface area (Å²) >= 11 is 0. The predicted molar refractivity (Wildman–Crippen MR) is 109 cm³/mol. The maximum absolute atomic E-state index is 5.83. The topological polar surface area (TPSA) is 36.9 Å². The molecule has 0 aliphatic carbocycles. The fourth-order valence-electron chi connectivity index (χ4n) is 3.61. The molecule has 0 fully saturated rings. The minimum Gasteiger partial charge on any atom is -0.228 e. The van der Waals surface area contributed by atoms with E-state index >= 15 is 0 Å². The zero-order chi connectivity index (χ0) is 20.9. The Morgan fingerprint density at radius 1 is 0.538 bits per heavy atom. The van der Waals surface area contributed by atoms with Crippen LogP contribution in [0.5, 0.6) is 0 Å². The molecule has 0 aliphatic rings. The van der Waals surface area contributed by atoms with Crippen LogP contribution in [0.2, 0.25) is 0 Å². The van der Waals surface area contributed by atoms with Crippen LogP contribution in [0.3, 0.4) is 0 Å². The highest BCUT2D eigenvalue weighted by atomic mass is 17.3. The zero-order valence-corrected chi connectivity index (χ0v) is 19.7. The van der Waals surface area contributed by atoms with Crippen molar-refractivity contribution in [3.05, 3.63) is 0 Å². The van der Waals surface area contributed by atoms with E-state index < -0.39 is 17.0 Å². The molecule has 0 unspecified atom stereocenters. The van der Waals surface area contributed by atoms with E-state index in [0.717, 1.165) is 25.7 Å². The summed E-state index contributed by atoms with van der Waals surface area (Å²) in [5, 5.41) is 0. The lowest BCUT2D eigenvalue weighted by Crippen LogP contribution is -2.41. The summed E-state index contributed by atoms with van der Waals surface area (Å²) in [6.07, 6.45) is 4.49. The first-order valence-corrected chi connectivity index (χ1v) is 10.1. The highest BCUT2D eigenvalue weighted by molar-refractivity contribution is 4.77. The molecule has 0 aromatic heterocycles. The van der Waals surface area contributed by atoms with Crippen molar-refractivity contribution in [2.75, 3.05) is 0 Å². The molecule has 0 N–H and O–H groups in total. The fraction of sp³-hybridized carbons (Fsp3) is 1.00. The van der Waals surface area contributed by atoms with Gasteiger partial charge in [-0.05, 0) is 64.7 Å². The minimum absolute atomic E-state index is 0.152. The van der Waals surface area contributed by atoms with Crippen LogP contribution in [0.25, 0.3) is 0 Å². The molecule has 0 spiro atoms. The van der Waals surface area contributed by atoms with Crippen molar-refractivity contribution in [1.29, 1.82) is 0 Å². The number of unbranched alkanes of at least 4 members (excludes halogenated alkanes) is 1. The van der Waals surface area contributed by atoms with Gasteiger partial charge in [-0.2, -0.15) is 9.78 Å². The van der Waals surface area contributed by atoms with Crippen molar-refractivity contribution in [2.24, 2.45) is 10.8 Å². The first kappa shape index (κ1) is 25.8. The van der Waals surface area contributed by atoms with Gasteiger partial charge < -0.3 is 0 Å². The standard InChI is InChI=1S/C22H46O4/c1-13-14-15-22(12,25-23-20(8,9)16-18(2,3)4)26-24-21(10,11)17-19(5,6)7/h13-17H2,1-12H3. The quantitative estimate of drug-likeness (QED) is 0.217. The highest BCUT2D eigenvalue weighted by Gasteiger charge is 2.37. The van der Waals surface area contributed by atoms with Gasteiger partial charge in [-0.3, -0.25) is 0 Å². The summed E-state index contributed by atoms with van der Waals surface area (Å²) in [6, 6.07) is 0. The monoisotopic (exact) mass is 374 g/mol. The van der Waals surface area contributed by atoms with E-state index in [0.29, 0.717) is 6.42 Å². The highest BCUT2D eigenvalue weighted by Crippen LogP contribution is 2.34. The second kappa shape index (κ2) is 9.36. The van der Waals surface area contributed by atoms with Gasteiger partial charge in [-0.15, -0.1) is 0 Å². The SMILES string of the molecule is CCCCC(C)(OOC(C)(C)CC(C)(C)C)OOC(C)(C)CC(C)(C)C. The Hall–Kier alpha value is -0.160. The van der Waals surface area contributed by atoms with E-state index in [-0.39, 0.29) is 10.8 Å². The summed E-state index contributed by atoms with van der Waals surface area (Å²) in [6.45, 7) is 25.4. The molecule has 0 saturated carbocycles. The van der Waals surface area contributed by atoms with Crippen LogP contribution in [0, 0.1) is 10.8 Å². The van der Waals surface area contributed by atoms with Crippen LogP contribution in [-0.4, -0.2) is 17.0 Å². The molecule has 0 aromatic rings. The molecule has 0 amide bonds. The van der Waals surface area contributed by atoms with Gasteiger partial charge in [0.15, 0.2) is 0 Å². The molecule has 0 atom stereocenters. The van der Waals surface area contributed by atoms with Gasteiger partial charge in [0.2, 0.25) is 5.79 Å². The van der Waals surface area contributed by atoms with Crippen LogP contribution in [0.4, 0.5) is 0 Å². The molecular weight excluding hydrogens is 328 g/mol. The second-order valence-electron chi connectivity index (χ2n) is 11.6. The summed E-state index contributed by atoms with van der Waals surface area (Å²) in [5.41, 5.74) is -0.510. The van der Waals surface area contributed by atoms with Gasteiger partial charge in [-0.25, -0.2) is 9.78 Å². The first-order chi connectivity index (χ1) is 11.4. The molecule has 0 heterocycles. The van der Waals surface area contributed by atoms with Crippen molar-refractivity contribution in [3.63, 3.8) is 0 Å². The number of hydrogen-bond donors (Lipinski definition) is 0. The molecule has 0 aromatic carbocycles. The minimum atomic E-state index is -0.930. The molecule has 4 nitrogen and oxygen atoms in total. The van der Waals surface area contributed by atoms with Gasteiger partial charge in [0.25, 0.3) is 0 Å². The normalized spacial score (nSPS) is 14.8. The predicted octanol–water partition coefficient (Wildman–Crippen LogP) is 7.22. The number of hydrogen-bond acceptors (Lipinski definition) is 4. The summed E-state index contributed by atoms with van der Waals surface area (Å²) < 4.78 is 0. The fourth-order valence-corrected chi connectivity index (χ4v) is 3.61. The van der Waals surface area contributed by atoms with E-state index in [1.165, 1.54) is 0 Å². The Bertz CT molecular complexity index is 367. The molecular formula is C22H46O4. The van der Waals surface area contributed by atoms with Gasteiger partial charge in [0.1, 0.15) is 0 Å². The smallest absolute Gasteiger partial charge is 0.228 e. The summed E-state index contributed by atoms with van der Waals surface area (Å²) in [7, 11) is 0. The number of rotatable bonds is 11. The van der Waals surface area contributed by atoms with Crippen molar-refractivity contribution in [1.82, 2.24) is 0 Å². The molecule has 0 rings (SSSR count). The lowest BCUT2D eigenvalue weighted by Gasteiger charge is -2.37. The average Bonchev–Trinajstić information content (AvgIpc) is 2.36. The van der Waals surface area contributed by atoms with Crippen LogP contribution < -0.4 is 0 Å². The van der Waals surface area contributed by atoms with Gasteiger partial charge in [0, 0.05) is 6.42 Å². The molecule has 0 radical (unpaired) electrons. The summed E-state index contributed by atoms with van der Waals surface area (Å²) in [5.74, 6) is -0.930. The molecule has 0 bridgehead atoms. The average molecular weight is 375 g/mol. The van der Waals surface area contributed by atoms with Crippen LogP contribution >= 0.6 is 0 Å². The third kappa shape index (κ3) is 13.1. The van der Waals surface area contributed by atoms with E-state index in [2.05, 4.69) is 48.5 Å². The van der Waals surface area contributed by atoms with Crippen molar-refractivity contribution in [3.8, 4) is 0 Å². The Labute approximate surface area is 163 Å². The van der Waals surface area contributed by atoms with Crippen LogP contribution in [0.1, 0.15) is 115 Å². The van der Waals surface area contributed by atoms with Crippen molar-refractivity contribution < 1.29 is 19.6 Å². The second-order valence-corrected chi connectivity index (χ2v) is 11.6. The van der Waals surface area contributed by atoms with Crippen LogP contribution in [-0.2, 0) is 19.6 Å². The van der Waals surface area contributed by atoms with E-state index in [1.54, 1.807) is 0 Å². The van der Waals surface area contributed by atoms with E-state index in [1.807, 2.05) is 34.6 Å². The lowest BCUT2D eigenvalue weighted by molar-refractivity contribution is -0.541. The largest absolute Gasteiger partial charge is 0.231 e. The Morgan fingerprint density at radius 3 is 1.15 bits per heavy atom. The molecule has 4 heteroatoms. The summed E-state index contributed by atoms with van der Waals surface area (Å²) in [4.78, 5) is 23.3. The van der Waals surface area contributed by atoms with Gasteiger partial charge in [0.05, 0.1) is 11.2 Å². The van der Waals surface area contributed by atoms with Crippen molar-refractivity contribution in [2.45, 2.75) is 132 Å². The van der Waals surface area contributed by atoms with Crippen molar-refractivity contribution >= 4 is 0 Å². The van der Waals surface area contributed by atoms with E-state index in [9.17, 15) is 0 Å². The maximum Gasteiger partial charge on any atom is 0.231 e. The first-order valence-electron chi connectivity index (χ1n) is 10.1. The zero-order valence-electron chi connectivity index (χ0n) is 19.7. The van der Waals surface area contributed by atoms with E-state index in [4.69, 9.17) is 19.6 Å². The van der Waals surface area contributed by atoms with Gasteiger partial charge >= 0.3 is 0 Å². The third-order valence-electron chi connectivity index (χ3n) is 3.78. The molecule has 0 aliphatic heterocycles. The third-order valence-corrected chi connectivity index (χ3v) is 3.78. The van der Waals surface area contributed by atoms with Gasteiger partial charge in [-0.1, -0.05) is 54.9 Å². The Balaban J connectivity index is 4.93. The Kier molecular flexibility index (Phi) is 9.30. The maximum atomic E-state index is 5.83. The lowest BCUT2D eigenvalue weighted by atomic mass is 9.84. The Morgan fingerprint density at radius 2 is 0.885 bits per heavy atom.